The molecule has 0 saturated carbocycles. The SMILES string of the molecule is COc1ccc(/C=N/n2c(C(F)F)n[nH]c2=S)cc1COc1ccc([N+](=O)[O-])c(C)c1. The zero-order chi connectivity index (χ0) is 22.5. The maximum absolute atomic E-state index is 13.0. The highest BCUT2D eigenvalue weighted by Gasteiger charge is 2.16. The Kier molecular flexibility index (Phi) is 6.70. The highest BCUT2D eigenvalue weighted by Crippen LogP contribution is 2.26. The van der Waals surface area contributed by atoms with Gasteiger partial charge in [-0.05, 0) is 55.0 Å². The number of nitro benzene ring substituents is 1. The smallest absolute Gasteiger partial charge is 0.299 e. The first kappa shape index (κ1) is 22.0. The molecule has 0 aliphatic rings. The third-order valence-electron chi connectivity index (χ3n) is 4.26. The summed E-state index contributed by atoms with van der Waals surface area (Å²) in [7, 11) is 1.50. The fourth-order valence-corrected chi connectivity index (χ4v) is 2.94. The van der Waals surface area contributed by atoms with Crippen molar-refractivity contribution in [1.29, 1.82) is 0 Å². The number of rotatable bonds is 8. The van der Waals surface area contributed by atoms with Gasteiger partial charge in [-0.15, -0.1) is 0 Å². The fraction of sp³-hybridized carbons (Fsp3) is 0.211. The molecule has 1 aromatic heterocycles. The normalized spacial score (nSPS) is 11.3. The van der Waals surface area contributed by atoms with Gasteiger partial charge in [0, 0.05) is 17.2 Å². The Morgan fingerprint density at radius 3 is 2.77 bits per heavy atom. The number of alkyl halides is 2. The lowest BCUT2D eigenvalue weighted by molar-refractivity contribution is -0.385. The van der Waals surface area contributed by atoms with Crippen molar-refractivity contribution in [3.63, 3.8) is 0 Å². The number of aromatic nitrogens is 3. The average Bonchev–Trinajstić information content (AvgIpc) is 3.11. The van der Waals surface area contributed by atoms with Crippen LogP contribution in [0, 0.1) is 21.8 Å². The molecule has 2 aromatic carbocycles. The summed E-state index contributed by atoms with van der Waals surface area (Å²) in [6.45, 7) is 1.73. The summed E-state index contributed by atoms with van der Waals surface area (Å²) in [5.74, 6) is 0.409. The summed E-state index contributed by atoms with van der Waals surface area (Å²) >= 11 is 4.92. The summed E-state index contributed by atoms with van der Waals surface area (Å²) < 4.78 is 37.9. The van der Waals surface area contributed by atoms with E-state index >= 15 is 0 Å². The summed E-state index contributed by atoms with van der Waals surface area (Å²) in [4.78, 5) is 10.5. The number of hydrogen-bond donors (Lipinski definition) is 1. The van der Waals surface area contributed by atoms with Gasteiger partial charge in [-0.2, -0.15) is 14.9 Å². The van der Waals surface area contributed by atoms with Crippen molar-refractivity contribution in [2.24, 2.45) is 5.10 Å². The van der Waals surface area contributed by atoms with Crippen molar-refractivity contribution in [3.05, 3.63) is 73.8 Å². The van der Waals surface area contributed by atoms with Crippen molar-refractivity contribution >= 4 is 24.1 Å². The Balaban J connectivity index is 1.81. The minimum atomic E-state index is -2.84. The molecular weight excluding hydrogens is 432 g/mol. The van der Waals surface area contributed by atoms with Gasteiger partial charge in [-0.25, -0.2) is 13.9 Å². The molecule has 162 valence electrons. The molecule has 1 N–H and O–H groups in total. The maximum Gasteiger partial charge on any atom is 0.299 e. The highest BCUT2D eigenvalue weighted by molar-refractivity contribution is 7.71. The number of H-pyrrole nitrogens is 1. The van der Waals surface area contributed by atoms with Crippen LogP contribution in [0.15, 0.2) is 41.5 Å². The first-order chi connectivity index (χ1) is 14.8. The number of benzene rings is 2. The van der Waals surface area contributed by atoms with Crippen LogP contribution in [0.1, 0.15) is 28.9 Å². The van der Waals surface area contributed by atoms with Crippen molar-refractivity contribution in [2.45, 2.75) is 20.0 Å². The van der Waals surface area contributed by atoms with E-state index in [1.165, 1.54) is 25.5 Å². The zero-order valence-electron chi connectivity index (χ0n) is 16.4. The molecule has 0 atom stereocenters. The van der Waals surface area contributed by atoms with Gasteiger partial charge >= 0.3 is 0 Å². The van der Waals surface area contributed by atoms with Crippen molar-refractivity contribution in [2.75, 3.05) is 7.11 Å². The molecule has 3 aromatic rings. The predicted octanol–water partition coefficient (Wildman–Crippen LogP) is 4.56. The molecule has 0 amide bonds. The Labute approximate surface area is 180 Å². The van der Waals surface area contributed by atoms with Crippen LogP contribution in [0.2, 0.25) is 0 Å². The summed E-state index contributed by atoms with van der Waals surface area (Å²) in [6, 6.07) is 9.54. The standard InChI is InChI=1S/C19H17F2N5O4S/c1-11-7-14(4-5-15(11)26(27)28)30-10-13-8-12(3-6-16(13)29-2)9-22-25-18(17(20)21)23-24-19(25)31/h3-9,17H,10H2,1-2H3,(H,24,31)/b22-9+. The van der Waals surface area contributed by atoms with Gasteiger partial charge < -0.3 is 9.47 Å². The van der Waals surface area contributed by atoms with E-state index in [9.17, 15) is 18.9 Å². The molecule has 1 heterocycles. The van der Waals surface area contributed by atoms with Crippen LogP contribution < -0.4 is 9.47 Å². The Morgan fingerprint density at radius 2 is 2.13 bits per heavy atom. The van der Waals surface area contributed by atoms with Gasteiger partial charge in [0.05, 0.1) is 18.2 Å². The zero-order valence-corrected chi connectivity index (χ0v) is 17.2. The van der Waals surface area contributed by atoms with Crippen molar-refractivity contribution in [1.82, 2.24) is 14.9 Å². The number of nitrogens with one attached hydrogen (secondary N) is 1. The first-order valence-corrected chi connectivity index (χ1v) is 9.25. The van der Waals surface area contributed by atoms with Crippen LogP contribution in [-0.4, -0.2) is 33.1 Å². The van der Waals surface area contributed by atoms with Crippen LogP contribution >= 0.6 is 12.2 Å². The minimum Gasteiger partial charge on any atom is -0.496 e. The van der Waals surface area contributed by atoms with E-state index < -0.39 is 17.2 Å². The first-order valence-electron chi connectivity index (χ1n) is 8.84. The third-order valence-corrected chi connectivity index (χ3v) is 4.52. The number of ether oxygens (including phenoxy) is 2. The molecule has 0 aliphatic carbocycles. The molecule has 9 nitrogen and oxygen atoms in total. The molecule has 0 bridgehead atoms. The van der Waals surface area contributed by atoms with E-state index in [0.29, 0.717) is 28.2 Å². The predicted molar refractivity (Wildman–Crippen MR) is 111 cm³/mol. The van der Waals surface area contributed by atoms with Crippen molar-refractivity contribution < 1.29 is 23.2 Å². The van der Waals surface area contributed by atoms with Gasteiger partial charge in [-0.1, -0.05) is 0 Å². The van der Waals surface area contributed by atoms with Gasteiger partial charge in [-0.3, -0.25) is 10.1 Å². The van der Waals surface area contributed by atoms with Gasteiger partial charge in [0.15, 0.2) is 0 Å². The lowest BCUT2D eigenvalue weighted by atomic mass is 10.1. The van der Waals surface area contributed by atoms with Crippen LogP contribution in [0.4, 0.5) is 14.5 Å². The topological polar surface area (TPSA) is 108 Å². The number of aromatic amines is 1. The summed E-state index contributed by atoms with van der Waals surface area (Å²) in [6.07, 6.45) is -1.48. The van der Waals surface area contributed by atoms with Crippen molar-refractivity contribution in [3.8, 4) is 11.5 Å². The lowest BCUT2D eigenvalue weighted by Gasteiger charge is -2.11. The van der Waals surface area contributed by atoms with E-state index in [2.05, 4.69) is 15.3 Å². The van der Waals surface area contributed by atoms with Gasteiger partial charge in [0.25, 0.3) is 12.1 Å². The molecule has 0 spiro atoms. The number of hydrogen-bond acceptors (Lipinski definition) is 7. The van der Waals surface area contributed by atoms with E-state index in [1.54, 1.807) is 31.2 Å². The minimum absolute atomic E-state index is 0.00385. The second-order valence-corrected chi connectivity index (χ2v) is 6.70. The van der Waals surface area contributed by atoms with E-state index in [0.717, 1.165) is 4.68 Å². The molecule has 3 rings (SSSR count). The van der Waals surface area contributed by atoms with Crippen LogP contribution in [0.3, 0.4) is 0 Å². The van der Waals surface area contributed by atoms with Gasteiger partial charge in [0.1, 0.15) is 18.1 Å². The number of nitrogens with zero attached hydrogens (tertiary/aromatic N) is 4. The fourth-order valence-electron chi connectivity index (χ4n) is 2.76. The largest absolute Gasteiger partial charge is 0.496 e. The van der Waals surface area contributed by atoms with E-state index in [-0.39, 0.29) is 17.1 Å². The quantitative estimate of drug-likeness (QED) is 0.234. The Bertz CT molecular complexity index is 1190. The second-order valence-electron chi connectivity index (χ2n) is 6.31. The Morgan fingerprint density at radius 1 is 1.35 bits per heavy atom. The number of nitro groups is 1. The average molecular weight is 449 g/mol. The highest BCUT2D eigenvalue weighted by atomic mass is 32.1. The number of methoxy groups -OCH3 is 1. The monoisotopic (exact) mass is 449 g/mol. The van der Waals surface area contributed by atoms with Crippen LogP contribution in [-0.2, 0) is 6.61 Å². The molecule has 0 fully saturated rings. The van der Waals surface area contributed by atoms with Crippen LogP contribution in [0.25, 0.3) is 0 Å². The third kappa shape index (κ3) is 5.09. The summed E-state index contributed by atoms with van der Waals surface area (Å²) in [5.41, 5.74) is 1.72. The molecule has 0 radical (unpaired) electrons. The molecule has 0 aliphatic heterocycles. The molecule has 0 unspecified atom stereocenters. The number of halogens is 2. The molecule has 31 heavy (non-hydrogen) atoms. The number of aryl methyl sites for hydroxylation is 1. The maximum atomic E-state index is 13.0. The molecule has 12 heteroatoms. The van der Waals surface area contributed by atoms with E-state index in [1.807, 2.05) is 0 Å². The second kappa shape index (κ2) is 9.43. The summed E-state index contributed by atoms with van der Waals surface area (Å²) in [5, 5.41) is 20.7. The van der Waals surface area contributed by atoms with Gasteiger partial charge in [0.2, 0.25) is 10.6 Å². The Hall–Kier alpha value is -3.67. The molecule has 0 saturated heterocycles. The molecular formula is C19H17F2N5O4S. The van der Waals surface area contributed by atoms with E-state index in [4.69, 9.17) is 21.7 Å². The van der Waals surface area contributed by atoms with Crippen LogP contribution in [0.5, 0.6) is 11.5 Å². The lowest BCUT2D eigenvalue weighted by Crippen LogP contribution is -2.02.